The number of carbonyl (C=O) groups is 1. The van der Waals surface area contributed by atoms with Crippen molar-refractivity contribution in [3.05, 3.63) is 47.3 Å². The predicted octanol–water partition coefficient (Wildman–Crippen LogP) is 2.63. The maximum Gasteiger partial charge on any atom is 0.255 e. The molecule has 5 nitrogen and oxygen atoms in total. The third-order valence-corrected chi connectivity index (χ3v) is 4.08. The minimum Gasteiger partial charge on any atom is -0.396 e. The molecule has 2 aromatic rings. The number of aryl methyl sites for hydroxylation is 1. The Hall–Kier alpha value is -2.14. The van der Waals surface area contributed by atoms with Crippen molar-refractivity contribution in [1.82, 2.24) is 15.1 Å². The fourth-order valence-electron chi connectivity index (χ4n) is 2.74. The third kappa shape index (κ3) is 3.79. The van der Waals surface area contributed by atoms with Crippen LogP contribution >= 0.6 is 0 Å². The average Bonchev–Trinajstić information content (AvgIpc) is 2.82. The van der Waals surface area contributed by atoms with Gasteiger partial charge in [0.1, 0.15) is 0 Å². The molecule has 0 aliphatic carbocycles. The summed E-state index contributed by atoms with van der Waals surface area (Å²) in [5, 5.41) is 16.7. The van der Waals surface area contributed by atoms with Gasteiger partial charge in [-0.15, -0.1) is 0 Å². The molecule has 1 heterocycles. The normalized spacial score (nSPS) is 12.4. The summed E-state index contributed by atoms with van der Waals surface area (Å²) in [5.74, 6) is 0.130. The highest BCUT2D eigenvalue weighted by Crippen LogP contribution is 2.18. The zero-order valence-electron chi connectivity index (χ0n) is 14.2. The number of carbonyl (C=O) groups excluding carboxylic acids is 1. The van der Waals surface area contributed by atoms with Crippen LogP contribution in [0.1, 0.15) is 42.0 Å². The van der Waals surface area contributed by atoms with E-state index in [0.29, 0.717) is 17.7 Å². The zero-order valence-corrected chi connectivity index (χ0v) is 14.2. The summed E-state index contributed by atoms with van der Waals surface area (Å²) in [6.45, 7) is 7.88. The van der Waals surface area contributed by atoms with Crippen LogP contribution in [-0.2, 0) is 0 Å². The second kappa shape index (κ2) is 7.42. The standard InChI is InChI=1S/C18H25N3O2/c1-12(2)16(10-11-22)19-18(23)17-13(3)20-21(14(17)4)15-8-6-5-7-9-15/h5-9,12,16,22H,10-11H2,1-4H3,(H,19,23). The van der Waals surface area contributed by atoms with Crippen LogP contribution in [0.2, 0.25) is 0 Å². The van der Waals surface area contributed by atoms with Crippen LogP contribution in [-0.4, -0.2) is 33.4 Å². The van der Waals surface area contributed by atoms with Crippen molar-refractivity contribution in [3.8, 4) is 5.69 Å². The van der Waals surface area contributed by atoms with Gasteiger partial charge in [0.05, 0.1) is 22.6 Å². The number of rotatable bonds is 6. The van der Waals surface area contributed by atoms with E-state index in [-0.39, 0.29) is 24.5 Å². The number of aromatic nitrogens is 2. The molecule has 0 saturated carbocycles. The topological polar surface area (TPSA) is 67.2 Å². The molecule has 2 rings (SSSR count). The molecule has 0 saturated heterocycles. The van der Waals surface area contributed by atoms with E-state index in [1.807, 2.05) is 58.0 Å². The van der Waals surface area contributed by atoms with Gasteiger partial charge in [-0.1, -0.05) is 32.0 Å². The Balaban J connectivity index is 2.30. The second-order valence-electron chi connectivity index (χ2n) is 6.13. The number of aliphatic hydroxyl groups excluding tert-OH is 1. The Labute approximate surface area is 137 Å². The van der Waals surface area contributed by atoms with Crippen molar-refractivity contribution in [2.75, 3.05) is 6.61 Å². The van der Waals surface area contributed by atoms with Gasteiger partial charge in [0, 0.05) is 12.6 Å². The lowest BCUT2D eigenvalue weighted by Gasteiger charge is -2.21. The summed E-state index contributed by atoms with van der Waals surface area (Å²) < 4.78 is 1.79. The zero-order chi connectivity index (χ0) is 17.0. The first-order valence-electron chi connectivity index (χ1n) is 7.99. The van der Waals surface area contributed by atoms with Gasteiger partial charge < -0.3 is 10.4 Å². The SMILES string of the molecule is Cc1nn(-c2ccccc2)c(C)c1C(=O)NC(CCO)C(C)C. The molecule has 0 radical (unpaired) electrons. The number of nitrogens with zero attached hydrogens (tertiary/aromatic N) is 2. The molecule has 0 bridgehead atoms. The first kappa shape index (κ1) is 17.2. The highest BCUT2D eigenvalue weighted by molar-refractivity contribution is 5.96. The predicted molar refractivity (Wildman–Crippen MR) is 90.8 cm³/mol. The molecule has 1 aromatic heterocycles. The molecule has 0 spiro atoms. The Morgan fingerprint density at radius 3 is 2.48 bits per heavy atom. The number of hydrogen-bond acceptors (Lipinski definition) is 3. The quantitative estimate of drug-likeness (QED) is 0.861. The van der Waals surface area contributed by atoms with Crippen LogP contribution in [0.5, 0.6) is 0 Å². The van der Waals surface area contributed by atoms with Crippen molar-refractivity contribution < 1.29 is 9.90 Å². The van der Waals surface area contributed by atoms with E-state index in [1.165, 1.54) is 0 Å². The Morgan fingerprint density at radius 2 is 1.91 bits per heavy atom. The van der Waals surface area contributed by atoms with Gasteiger partial charge in [0.15, 0.2) is 0 Å². The Bertz CT molecular complexity index is 662. The van der Waals surface area contributed by atoms with Gasteiger partial charge in [-0.25, -0.2) is 4.68 Å². The van der Waals surface area contributed by atoms with Crippen LogP contribution in [0.4, 0.5) is 0 Å². The van der Waals surface area contributed by atoms with Crippen molar-refractivity contribution in [2.24, 2.45) is 5.92 Å². The molecular formula is C18H25N3O2. The van der Waals surface area contributed by atoms with E-state index in [1.54, 1.807) is 4.68 Å². The lowest BCUT2D eigenvalue weighted by Crippen LogP contribution is -2.39. The molecule has 0 aliphatic heterocycles. The van der Waals surface area contributed by atoms with Gasteiger partial charge in [-0.2, -0.15) is 5.10 Å². The van der Waals surface area contributed by atoms with Crippen LogP contribution in [0.25, 0.3) is 5.69 Å². The van der Waals surface area contributed by atoms with E-state index in [2.05, 4.69) is 10.4 Å². The van der Waals surface area contributed by atoms with E-state index in [9.17, 15) is 4.79 Å². The monoisotopic (exact) mass is 315 g/mol. The van der Waals surface area contributed by atoms with Crippen molar-refractivity contribution in [3.63, 3.8) is 0 Å². The largest absolute Gasteiger partial charge is 0.396 e. The maximum atomic E-state index is 12.7. The fourth-order valence-corrected chi connectivity index (χ4v) is 2.74. The minimum absolute atomic E-state index is 0.0497. The summed E-state index contributed by atoms with van der Waals surface area (Å²) in [5.41, 5.74) is 3.06. The van der Waals surface area contributed by atoms with Crippen molar-refractivity contribution in [2.45, 2.75) is 40.2 Å². The first-order valence-corrected chi connectivity index (χ1v) is 7.99. The molecule has 0 aliphatic rings. The van der Waals surface area contributed by atoms with E-state index >= 15 is 0 Å². The summed E-state index contributed by atoms with van der Waals surface area (Å²) in [7, 11) is 0. The molecule has 1 atom stereocenters. The summed E-state index contributed by atoms with van der Waals surface area (Å²) in [6, 6.07) is 9.72. The molecule has 1 amide bonds. The molecule has 5 heteroatoms. The average molecular weight is 315 g/mol. The fraction of sp³-hybridized carbons (Fsp3) is 0.444. The lowest BCUT2D eigenvalue weighted by molar-refractivity contribution is 0.0915. The van der Waals surface area contributed by atoms with E-state index in [4.69, 9.17) is 5.11 Å². The molecule has 1 unspecified atom stereocenters. The van der Waals surface area contributed by atoms with Crippen LogP contribution in [0.3, 0.4) is 0 Å². The van der Waals surface area contributed by atoms with Gasteiger partial charge in [0.2, 0.25) is 0 Å². The molecule has 23 heavy (non-hydrogen) atoms. The molecule has 0 fully saturated rings. The van der Waals surface area contributed by atoms with Gasteiger partial charge in [0.25, 0.3) is 5.91 Å². The van der Waals surface area contributed by atoms with Crippen LogP contribution < -0.4 is 5.32 Å². The Morgan fingerprint density at radius 1 is 1.26 bits per heavy atom. The molecule has 1 aromatic carbocycles. The number of amides is 1. The van der Waals surface area contributed by atoms with Crippen molar-refractivity contribution >= 4 is 5.91 Å². The molecule has 2 N–H and O–H groups in total. The van der Waals surface area contributed by atoms with Gasteiger partial charge in [-0.05, 0) is 38.3 Å². The second-order valence-corrected chi connectivity index (χ2v) is 6.13. The highest BCUT2D eigenvalue weighted by atomic mass is 16.3. The number of benzene rings is 1. The molecule has 124 valence electrons. The number of aliphatic hydroxyl groups is 1. The smallest absolute Gasteiger partial charge is 0.255 e. The van der Waals surface area contributed by atoms with E-state index in [0.717, 1.165) is 11.4 Å². The van der Waals surface area contributed by atoms with Crippen LogP contribution in [0.15, 0.2) is 30.3 Å². The summed E-state index contributed by atoms with van der Waals surface area (Å²) >= 11 is 0. The number of para-hydroxylation sites is 1. The van der Waals surface area contributed by atoms with E-state index < -0.39 is 0 Å². The van der Waals surface area contributed by atoms with Crippen LogP contribution in [0, 0.1) is 19.8 Å². The summed E-state index contributed by atoms with van der Waals surface area (Å²) in [4.78, 5) is 12.7. The van der Waals surface area contributed by atoms with Gasteiger partial charge >= 0.3 is 0 Å². The minimum atomic E-state index is -0.130. The first-order chi connectivity index (χ1) is 11.0. The highest BCUT2D eigenvalue weighted by Gasteiger charge is 2.23. The third-order valence-electron chi connectivity index (χ3n) is 4.08. The Kier molecular flexibility index (Phi) is 5.55. The van der Waals surface area contributed by atoms with Gasteiger partial charge in [-0.3, -0.25) is 4.79 Å². The number of nitrogens with one attached hydrogen (secondary N) is 1. The van der Waals surface area contributed by atoms with Crippen molar-refractivity contribution in [1.29, 1.82) is 0 Å². The number of hydrogen-bond donors (Lipinski definition) is 2. The molecular weight excluding hydrogens is 290 g/mol. The summed E-state index contributed by atoms with van der Waals surface area (Å²) in [6.07, 6.45) is 0.550. The maximum absolute atomic E-state index is 12.7. The lowest BCUT2D eigenvalue weighted by atomic mass is 10.0.